The number of ether oxygens (including phenoxy) is 1. The summed E-state index contributed by atoms with van der Waals surface area (Å²) in [6, 6.07) is 22.7. The van der Waals surface area contributed by atoms with Gasteiger partial charge in [0.2, 0.25) is 6.23 Å². The second kappa shape index (κ2) is 6.00. The summed E-state index contributed by atoms with van der Waals surface area (Å²) in [6.45, 7) is 4.17. The van der Waals surface area contributed by atoms with Gasteiger partial charge in [0.05, 0.1) is 5.69 Å². The normalized spacial score (nSPS) is 17.2. The Labute approximate surface area is 142 Å². The molecule has 1 aliphatic heterocycles. The van der Waals surface area contributed by atoms with Gasteiger partial charge >= 0.3 is 0 Å². The van der Waals surface area contributed by atoms with Crippen LogP contribution in [0.4, 0.5) is 0 Å². The molecule has 1 aromatic heterocycles. The second-order valence-corrected chi connectivity index (χ2v) is 6.25. The van der Waals surface area contributed by atoms with Crippen LogP contribution in [0.25, 0.3) is 5.76 Å². The van der Waals surface area contributed by atoms with E-state index in [1.165, 1.54) is 11.3 Å². The summed E-state index contributed by atoms with van der Waals surface area (Å²) in [6.07, 6.45) is 0.594. The van der Waals surface area contributed by atoms with Crippen molar-refractivity contribution in [3.8, 4) is 0 Å². The maximum absolute atomic E-state index is 6.52. The predicted octanol–water partition coefficient (Wildman–Crippen LogP) is 4.74. The van der Waals surface area contributed by atoms with Crippen LogP contribution in [-0.2, 0) is 11.2 Å². The fraction of sp³-hybridized carbons (Fsp3) is 0.190. The first-order chi connectivity index (χ1) is 11.7. The molecule has 1 aliphatic rings. The number of nitrogens with zero attached hydrogens (tertiary/aromatic N) is 2. The molecule has 1 unspecified atom stereocenters. The van der Waals surface area contributed by atoms with Gasteiger partial charge in [-0.25, -0.2) is 4.68 Å². The zero-order chi connectivity index (χ0) is 16.5. The number of hydrogen-bond donors (Lipinski definition) is 0. The van der Waals surface area contributed by atoms with E-state index in [1.54, 1.807) is 0 Å². The van der Waals surface area contributed by atoms with Crippen LogP contribution < -0.4 is 0 Å². The number of allylic oxidation sites excluding steroid dienone is 1. The Morgan fingerprint density at radius 1 is 0.958 bits per heavy atom. The van der Waals surface area contributed by atoms with Crippen LogP contribution in [0, 0.1) is 6.92 Å². The minimum Gasteiger partial charge on any atom is -0.464 e. The van der Waals surface area contributed by atoms with E-state index in [2.05, 4.69) is 37.3 Å². The van der Waals surface area contributed by atoms with Crippen molar-refractivity contribution in [2.75, 3.05) is 0 Å². The van der Waals surface area contributed by atoms with Crippen LogP contribution in [0.5, 0.6) is 0 Å². The van der Waals surface area contributed by atoms with Crippen molar-refractivity contribution in [1.82, 2.24) is 9.78 Å². The summed E-state index contributed by atoms with van der Waals surface area (Å²) in [5.41, 5.74) is 5.64. The predicted molar refractivity (Wildman–Crippen MR) is 95.4 cm³/mol. The van der Waals surface area contributed by atoms with Crippen LogP contribution in [0.15, 0.2) is 72.3 Å². The highest BCUT2D eigenvalue weighted by atomic mass is 16.5. The minimum absolute atomic E-state index is 0.248. The standard InChI is InChI=1S/C21H20N2O/c1-15-13-19-14-16(2)22-23(19)21(18-11-7-4-8-12-18)24-20(15)17-9-5-3-6-10-17/h3-12,14,21H,13H2,1-2H3. The fourth-order valence-corrected chi connectivity index (χ4v) is 3.25. The third-order valence-corrected chi connectivity index (χ3v) is 4.34. The highest BCUT2D eigenvalue weighted by Crippen LogP contribution is 2.34. The van der Waals surface area contributed by atoms with E-state index in [4.69, 9.17) is 9.84 Å². The molecule has 4 rings (SSSR count). The summed E-state index contributed by atoms with van der Waals surface area (Å²) in [4.78, 5) is 0. The monoisotopic (exact) mass is 316 g/mol. The van der Waals surface area contributed by atoms with Crippen LogP contribution in [0.1, 0.15) is 35.7 Å². The number of rotatable bonds is 2. The van der Waals surface area contributed by atoms with E-state index < -0.39 is 0 Å². The topological polar surface area (TPSA) is 27.1 Å². The van der Waals surface area contributed by atoms with Gasteiger partial charge in [-0.05, 0) is 25.5 Å². The first kappa shape index (κ1) is 14.8. The molecule has 0 bridgehead atoms. The zero-order valence-electron chi connectivity index (χ0n) is 13.9. The Bertz CT molecular complexity index is 879. The quantitative estimate of drug-likeness (QED) is 0.682. The molecular weight excluding hydrogens is 296 g/mol. The molecular formula is C21H20N2O. The molecule has 0 N–H and O–H groups in total. The molecule has 2 aromatic carbocycles. The molecule has 1 atom stereocenters. The molecule has 2 heterocycles. The minimum atomic E-state index is -0.248. The molecule has 0 amide bonds. The number of fused-ring (bicyclic) bond motifs is 1. The van der Waals surface area contributed by atoms with E-state index in [0.29, 0.717) is 0 Å². The van der Waals surface area contributed by atoms with Crippen LogP contribution in [0.2, 0.25) is 0 Å². The molecule has 3 nitrogen and oxygen atoms in total. The molecule has 0 saturated carbocycles. The van der Waals surface area contributed by atoms with Crippen molar-refractivity contribution >= 4 is 5.76 Å². The van der Waals surface area contributed by atoms with Crippen molar-refractivity contribution < 1.29 is 4.74 Å². The van der Waals surface area contributed by atoms with Crippen molar-refractivity contribution in [3.05, 3.63) is 94.8 Å². The first-order valence-electron chi connectivity index (χ1n) is 8.24. The van der Waals surface area contributed by atoms with Gasteiger partial charge < -0.3 is 4.74 Å². The molecule has 0 fully saturated rings. The molecule has 3 aromatic rings. The Balaban J connectivity index is 1.86. The maximum Gasteiger partial charge on any atom is 0.217 e. The highest BCUT2D eigenvalue weighted by molar-refractivity contribution is 5.64. The molecule has 0 radical (unpaired) electrons. The lowest BCUT2D eigenvalue weighted by Crippen LogP contribution is -2.16. The summed E-state index contributed by atoms with van der Waals surface area (Å²) in [5.74, 6) is 0.951. The van der Waals surface area contributed by atoms with Crippen LogP contribution >= 0.6 is 0 Å². The zero-order valence-corrected chi connectivity index (χ0v) is 13.9. The number of hydrogen-bond acceptors (Lipinski definition) is 2. The number of aryl methyl sites for hydroxylation is 1. The van der Waals surface area contributed by atoms with E-state index >= 15 is 0 Å². The van der Waals surface area contributed by atoms with E-state index in [-0.39, 0.29) is 6.23 Å². The highest BCUT2D eigenvalue weighted by Gasteiger charge is 2.26. The average Bonchev–Trinajstić information content (AvgIpc) is 2.91. The lowest BCUT2D eigenvalue weighted by atomic mass is 10.1. The van der Waals surface area contributed by atoms with Gasteiger partial charge in [0.15, 0.2) is 0 Å². The van der Waals surface area contributed by atoms with Gasteiger partial charge in [0.1, 0.15) is 5.76 Å². The number of aromatic nitrogens is 2. The molecule has 3 heteroatoms. The van der Waals surface area contributed by atoms with E-state index in [0.717, 1.165) is 29.0 Å². The largest absolute Gasteiger partial charge is 0.464 e. The summed E-state index contributed by atoms with van der Waals surface area (Å²) in [5, 5.41) is 4.70. The third kappa shape index (κ3) is 2.62. The average molecular weight is 316 g/mol. The van der Waals surface area contributed by atoms with Gasteiger partial charge in [-0.1, -0.05) is 60.7 Å². The van der Waals surface area contributed by atoms with E-state index in [9.17, 15) is 0 Å². The molecule has 0 aliphatic carbocycles. The number of benzene rings is 2. The molecule has 120 valence electrons. The summed E-state index contributed by atoms with van der Waals surface area (Å²) in [7, 11) is 0. The SMILES string of the molecule is CC1=C(c2ccccc2)OC(c2ccccc2)n2nc(C)cc2C1. The Kier molecular flexibility index (Phi) is 3.69. The van der Waals surface area contributed by atoms with Crippen molar-refractivity contribution in [2.24, 2.45) is 0 Å². The first-order valence-corrected chi connectivity index (χ1v) is 8.24. The van der Waals surface area contributed by atoms with Crippen LogP contribution in [0.3, 0.4) is 0 Å². The van der Waals surface area contributed by atoms with Crippen molar-refractivity contribution in [1.29, 1.82) is 0 Å². The fourth-order valence-electron chi connectivity index (χ4n) is 3.25. The lowest BCUT2D eigenvalue weighted by molar-refractivity contribution is 0.126. The van der Waals surface area contributed by atoms with Gasteiger partial charge in [-0.15, -0.1) is 0 Å². The molecule has 24 heavy (non-hydrogen) atoms. The van der Waals surface area contributed by atoms with Gasteiger partial charge in [-0.3, -0.25) is 0 Å². The Hall–Kier alpha value is -2.81. The summed E-state index contributed by atoms with van der Waals surface area (Å²) >= 11 is 0. The van der Waals surface area contributed by atoms with Gasteiger partial charge in [0.25, 0.3) is 0 Å². The maximum atomic E-state index is 6.52. The lowest BCUT2D eigenvalue weighted by Gasteiger charge is -2.22. The second-order valence-electron chi connectivity index (χ2n) is 6.25. The summed E-state index contributed by atoms with van der Waals surface area (Å²) < 4.78 is 8.53. The van der Waals surface area contributed by atoms with Gasteiger partial charge in [-0.2, -0.15) is 5.10 Å². The Morgan fingerprint density at radius 2 is 1.62 bits per heavy atom. The molecule has 0 spiro atoms. The smallest absolute Gasteiger partial charge is 0.217 e. The van der Waals surface area contributed by atoms with Crippen molar-refractivity contribution in [2.45, 2.75) is 26.5 Å². The third-order valence-electron chi connectivity index (χ3n) is 4.34. The molecule has 0 saturated heterocycles. The Morgan fingerprint density at radius 3 is 2.33 bits per heavy atom. The van der Waals surface area contributed by atoms with Crippen molar-refractivity contribution in [3.63, 3.8) is 0 Å². The van der Waals surface area contributed by atoms with E-state index in [1.807, 2.05) is 48.0 Å². The van der Waals surface area contributed by atoms with Crippen LogP contribution in [-0.4, -0.2) is 9.78 Å². The van der Waals surface area contributed by atoms with Gasteiger partial charge in [0, 0.05) is 23.2 Å².